The van der Waals surface area contributed by atoms with Crippen LogP contribution in [0.25, 0.3) is 11.3 Å². The Morgan fingerprint density at radius 3 is 2.48 bits per heavy atom. The van der Waals surface area contributed by atoms with Gasteiger partial charge in [0.1, 0.15) is 17.5 Å². The summed E-state index contributed by atoms with van der Waals surface area (Å²) >= 11 is 0. The number of hydroxylamine groups is 2. The van der Waals surface area contributed by atoms with Gasteiger partial charge < -0.3 is 24.7 Å². The van der Waals surface area contributed by atoms with Gasteiger partial charge in [0, 0.05) is 33.1 Å². The van der Waals surface area contributed by atoms with E-state index in [1.807, 2.05) is 64.2 Å². The summed E-state index contributed by atoms with van der Waals surface area (Å²) in [5.74, 6) is -0.0354. The third-order valence-corrected chi connectivity index (χ3v) is 8.30. The Balaban J connectivity index is 1.43. The minimum Gasteiger partial charge on any atom is -0.410 e. The fourth-order valence-electron chi connectivity index (χ4n) is 5.74. The van der Waals surface area contributed by atoms with Gasteiger partial charge in [0.05, 0.1) is 23.9 Å². The summed E-state index contributed by atoms with van der Waals surface area (Å²) in [5.41, 5.74) is 0.982. The molecule has 3 aliphatic heterocycles. The topological polar surface area (TPSA) is 116 Å². The van der Waals surface area contributed by atoms with E-state index in [1.54, 1.807) is 34.6 Å². The van der Waals surface area contributed by atoms with E-state index in [-0.39, 0.29) is 42.3 Å². The van der Waals surface area contributed by atoms with E-state index in [0.29, 0.717) is 17.2 Å². The van der Waals surface area contributed by atoms with Gasteiger partial charge in [0.25, 0.3) is 11.5 Å². The number of hydrogen-bond donors (Lipinski definition) is 2. The number of nitrogens with zero attached hydrogens (tertiary/aromatic N) is 4. The van der Waals surface area contributed by atoms with Gasteiger partial charge in [-0.25, -0.2) is 4.99 Å². The predicted molar refractivity (Wildman–Crippen MR) is 151 cm³/mol. The zero-order valence-corrected chi connectivity index (χ0v) is 23.8. The molecule has 10 nitrogen and oxygen atoms in total. The molecule has 0 aliphatic carbocycles. The second-order valence-electron chi connectivity index (χ2n) is 11.5. The molecule has 2 aromatic rings. The second kappa shape index (κ2) is 10.3. The van der Waals surface area contributed by atoms with E-state index in [2.05, 4.69) is 5.32 Å². The normalized spacial score (nSPS) is 27.4. The lowest BCUT2D eigenvalue weighted by atomic mass is 9.91. The Morgan fingerprint density at radius 1 is 1.15 bits per heavy atom. The summed E-state index contributed by atoms with van der Waals surface area (Å²) in [6.07, 6.45) is 1.50. The molecule has 1 unspecified atom stereocenters. The lowest BCUT2D eigenvalue weighted by Crippen LogP contribution is -2.49. The van der Waals surface area contributed by atoms with E-state index in [4.69, 9.17) is 9.83 Å². The van der Waals surface area contributed by atoms with Gasteiger partial charge in [0.2, 0.25) is 5.91 Å². The lowest BCUT2D eigenvalue weighted by molar-refractivity contribution is -0.143. The Kier molecular flexibility index (Phi) is 7.18. The zero-order valence-electron chi connectivity index (χ0n) is 23.8. The van der Waals surface area contributed by atoms with Gasteiger partial charge in [-0.1, -0.05) is 44.2 Å². The average Bonchev–Trinajstić information content (AvgIpc) is 3.55. The molecule has 1 saturated heterocycles. The highest BCUT2D eigenvalue weighted by molar-refractivity contribution is 6.11. The highest BCUT2D eigenvalue weighted by Crippen LogP contribution is 2.36. The van der Waals surface area contributed by atoms with Crippen LogP contribution in [0.3, 0.4) is 0 Å². The number of carbonyl (C=O) groups excluding carboxylic acids is 2. The molecule has 2 amide bonds. The Hall–Kier alpha value is -3.76. The monoisotopic (exact) mass is 547 g/mol. The number of aliphatic imine (C=N–C) groups is 1. The first-order chi connectivity index (χ1) is 18.9. The number of aromatic nitrogens is 1. The smallest absolute Gasteiger partial charge is 0.257 e. The maximum absolute atomic E-state index is 13.9. The highest BCUT2D eigenvalue weighted by Gasteiger charge is 2.48. The number of likely N-dealkylation sites (tertiary alicyclic amines) is 1. The summed E-state index contributed by atoms with van der Waals surface area (Å²) in [6.45, 7) is 7.83. The van der Waals surface area contributed by atoms with Crippen LogP contribution in [0.15, 0.2) is 64.1 Å². The van der Waals surface area contributed by atoms with Crippen molar-refractivity contribution < 1.29 is 19.5 Å². The van der Waals surface area contributed by atoms with Crippen molar-refractivity contribution in [3.8, 4) is 11.3 Å². The molecular weight excluding hydrogens is 510 g/mol. The first kappa shape index (κ1) is 27.8. The molecule has 0 spiro atoms. The van der Waals surface area contributed by atoms with Crippen LogP contribution < -0.4 is 10.9 Å². The number of pyridine rings is 1. The number of amidine groups is 1. The highest BCUT2D eigenvalue weighted by atomic mass is 16.7. The molecule has 1 aromatic carbocycles. The van der Waals surface area contributed by atoms with Gasteiger partial charge in [-0.05, 0) is 43.0 Å². The maximum atomic E-state index is 13.9. The van der Waals surface area contributed by atoms with Crippen LogP contribution >= 0.6 is 0 Å². The van der Waals surface area contributed by atoms with Gasteiger partial charge in [-0.3, -0.25) is 14.4 Å². The summed E-state index contributed by atoms with van der Waals surface area (Å²) in [5, 5.41) is 15.2. The molecule has 0 radical (unpaired) electrons. The standard InChI is InChI=1S/C30H37N5O5/c1-17(2)26(24-14-18(3)34(6)40-24)28(38)35-16-21(36)15-23(35)27-31-29(39)30(4,32-27)20-12-10-19(11-13-20)22-8-7-9-25(37)33(22)5/h7-14,17-18,21,23,26,36H,15-16H2,1-6H3,(H,31,32,39)/t18?,21-,23+,26+,30+/m1/s1. The largest absolute Gasteiger partial charge is 0.410 e. The van der Waals surface area contributed by atoms with Crippen LogP contribution in [0.5, 0.6) is 0 Å². The van der Waals surface area contributed by atoms with Crippen molar-refractivity contribution in [3.63, 3.8) is 0 Å². The molecule has 5 rings (SSSR count). The number of rotatable bonds is 6. The lowest BCUT2D eigenvalue weighted by Gasteiger charge is -2.30. The summed E-state index contributed by atoms with van der Waals surface area (Å²) in [6, 6.07) is 12.0. The fourth-order valence-corrected chi connectivity index (χ4v) is 5.74. The molecule has 3 aliphatic rings. The van der Waals surface area contributed by atoms with Gasteiger partial charge in [-0.15, -0.1) is 5.06 Å². The number of β-amino-alcohol motifs (C(OH)–C–C–N with tert-alkyl or cyclic N) is 1. The fraction of sp³-hybridized carbons (Fsp3) is 0.467. The average molecular weight is 548 g/mol. The van der Waals surface area contributed by atoms with Crippen molar-refractivity contribution in [1.29, 1.82) is 0 Å². The number of carbonyl (C=O) groups is 2. The van der Waals surface area contributed by atoms with E-state index in [0.717, 1.165) is 11.3 Å². The SMILES string of the molecule is CC(C)[C@H](C(=O)N1C[C@H](O)C[C@H]1C1=N[C@@](C)(c2ccc(-c3cccc(=O)n3C)cc2)C(=O)N1)C1=CC(C)N(C)O1. The van der Waals surface area contributed by atoms with Crippen LogP contribution in [0, 0.1) is 11.8 Å². The number of aliphatic hydroxyl groups excluding tert-OH is 1. The van der Waals surface area contributed by atoms with Crippen LogP contribution in [0.4, 0.5) is 0 Å². The predicted octanol–water partition coefficient (Wildman–Crippen LogP) is 2.18. The molecule has 40 heavy (non-hydrogen) atoms. The molecule has 212 valence electrons. The van der Waals surface area contributed by atoms with Crippen LogP contribution in [-0.4, -0.2) is 69.1 Å². The number of benzene rings is 1. The van der Waals surface area contributed by atoms with Crippen molar-refractivity contribution in [1.82, 2.24) is 19.8 Å². The molecule has 1 aromatic heterocycles. The van der Waals surface area contributed by atoms with Crippen molar-refractivity contribution >= 4 is 17.6 Å². The molecule has 4 heterocycles. The van der Waals surface area contributed by atoms with E-state index < -0.39 is 23.6 Å². The number of nitrogens with one attached hydrogen (secondary N) is 1. The first-order valence-electron chi connectivity index (χ1n) is 13.7. The Bertz CT molecular complexity index is 1450. The molecule has 0 bridgehead atoms. The van der Waals surface area contributed by atoms with Crippen molar-refractivity contribution in [2.75, 3.05) is 13.6 Å². The van der Waals surface area contributed by atoms with Crippen LogP contribution in [0.2, 0.25) is 0 Å². The first-order valence-corrected chi connectivity index (χ1v) is 13.7. The molecule has 5 atom stereocenters. The van der Waals surface area contributed by atoms with E-state index in [1.165, 1.54) is 6.07 Å². The second-order valence-corrected chi connectivity index (χ2v) is 11.5. The molecule has 0 saturated carbocycles. The van der Waals surface area contributed by atoms with Gasteiger partial charge >= 0.3 is 0 Å². The molecule has 1 fully saturated rings. The third kappa shape index (κ3) is 4.75. The van der Waals surface area contributed by atoms with Crippen molar-refractivity contribution in [2.24, 2.45) is 23.9 Å². The van der Waals surface area contributed by atoms with E-state index in [9.17, 15) is 19.5 Å². The Labute approximate surface area is 233 Å². The van der Waals surface area contributed by atoms with Crippen molar-refractivity contribution in [2.45, 2.75) is 57.8 Å². The quantitative estimate of drug-likeness (QED) is 0.573. The molecular formula is C30H37N5O5. The zero-order chi connectivity index (χ0) is 28.9. The number of amides is 2. The minimum atomic E-state index is -1.20. The van der Waals surface area contributed by atoms with Crippen LogP contribution in [-0.2, 0) is 27.0 Å². The van der Waals surface area contributed by atoms with Crippen molar-refractivity contribution in [3.05, 3.63) is 70.2 Å². The van der Waals surface area contributed by atoms with Gasteiger partial charge in [0.15, 0.2) is 5.54 Å². The third-order valence-electron chi connectivity index (χ3n) is 8.30. The maximum Gasteiger partial charge on any atom is 0.257 e. The summed E-state index contributed by atoms with van der Waals surface area (Å²) in [7, 11) is 3.55. The minimum absolute atomic E-state index is 0.0381. The summed E-state index contributed by atoms with van der Waals surface area (Å²) < 4.78 is 1.57. The molecule has 10 heteroatoms. The summed E-state index contributed by atoms with van der Waals surface area (Å²) in [4.78, 5) is 51.7. The molecule has 2 N–H and O–H groups in total. The number of hydrogen-bond acceptors (Lipinski definition) is 7. The number of aliphatic hydroxyl groups is 1. The Morgan fingerprint density at radius 2 is 1.85 bits per heavy atom. The van der Waals surface area contributed by atoms with E-state index >= 15 is 0 Å². The number of likely N-dealkylation sites (N-methyl/N-ethyl adjacent to an activating group) is 1. The van der Waals surface area contributed by atoms with Crippen LogP contribution in [0.1, 0.15) is 39.7 Å². The van der Waals surface area contributed by atoms with Gasteiger partial charge in [-0.2, -0.15) is 0 Å².